The first-order chi connectivity index (χ1) is 6.35. The van der Waals surface area contributed by atoms with Crippen molar-refractivity contribution in [3.05, 3.63) is 0 Å². The second-order valence-electron chi connectivity index (χ2n) is 2.95. The van der Waals surface area contributed by atoms with Crippen LogP contribution in [0, 0.1) is 5.92 Å². The monoisotopic (exact) mass is 187 g/mol. The Kier molecular flexibility index (Phi) is 16.5. The Hall–Kier alpha value is -0.370. The van der Waals surface area contributed by atoms with Crippen LogP contribution in [0.5, 0.6) is 0 Å². The van der Waals surface area contributed by atoms with Gasteiger partial charge in [0.1, 0.15) is 6.29 Å². The maximum Gasteiger partial charge on any atom is 0.124 e. The molecule has 0 aromatic carbocycles. The summed E-state index contributed by atoms with van der Waals surface area (Å²) in [5.41, 5.74) is 0. The molecule has 80 valence electrons. The molecule has 0 amide bonds. The number of carbonyl (C=O) groups excluding carboxylic acids is 1. The first kappa shape index (κ1) is 15.1. The average molecular weight is 187 g/mol. The predicted octanol–water partition coefficient (Wildman–Crippen LogP) is 2.63. The Morgan fingerprint density at radius 1 is 1.38 bits per heavy atom. The molecule has 1 aliphatic heterocycles. The van der Waals surface area contributed by atoms with Gasteiger partial charge < -0.3 is 10.1 Å². The molecule has 1 rings (SSSR count). The van der Waals surface area contributed by atoms with Crippen LogP contribution in [0.2, 0.25) is 0 Å². The summed E-state index contributed by atoms with van der Waals surface area (Å²) in [4.78, 5) is 10.1. The van der Waals surface area contributed by atoms with E-state index in [4.69, 9.17) is 0 Å². The van der Waals surface area contributed by atoms with Crippen molar-refractivity contribution in [2.45, 2.75) is 47.0 Å². The highest BCUT2D eigenvalue weighted by Crippen LogP contribution is 2.05. The molecule has 2 nitrogen and oxygen atoms in total. The van der Waals surface area contributed by atoms with Crippen LogP contribution in [0.1, 0.15) is 47.0 Å². The Morgan fingerprint density at radius 2 is 1.92 bits per heavy atom. The molecule has 0 aromatic heterocycles. The lowest BCUT2D eigenvalue weighted by Crippen LogP contribution is -2.30. The van der Waals surface area contributed by atoms with Crippen molar-refractivity contribution in [2.75, 3.05) is 13.1 Å². The third kappa shape index (κ3) is 11.6. The van der Waals surface area contributed by atoms with Crippen molar-refractivity contribution in [3.8, 4) is 0 Å². The molecule has 0 bridgehead atoms. The Morgan fingerprint density at radius 3 is 2.15 bits per heavy atom. The fraction of sp³-hybridized carbons (Fsp3) is 0.909. The minimum Gasteiger partial charge on any atom is -0.316 e. The smallest absolute Gasteiger partial charge is 0.124 e. The summed E-state index contributed by atoms with van der Waals surface area (Å²) < 4.78 is 0. The van der Waals surface area contributed by atoms with E-state index in [1.165, 1.54) is 6.42 Å². The fourth-order valence-electron chi connectivity index (χ4n) is 0.995. The van der Waals surface area contributed by atoms with E-state index in [-0.39, 0.29) is 0 Å². The van der Waals surface area contributed by atoms with Gasteiger partial charge >= 0.3 is 0 Å². The highest BCUT2D eigenvalue weighted by Gasteiger charge is 2.09. The molecule has 1 atom stereocenters. The highest BCUT2D eigenvalue weighted by atomic mass is 16.1. The van der Waals surface area contributed by atoms with Gasteiger partial charge in [-0.2, -0.15) is 0 Å². The van der Waals surface area contributed by atoms with Gasteiger partial charge in [-0.15, -0.1) is 0 Å². The van der Waals surface area contributed by atoms with Gasteiger partial charge in [-0.25, -0.2) is 0 Å². The lowest BCUT2D eigenvalue weighted by atomic mass is 10.0. The summed E-state index contributed by atoms with van der Waals surface area (Å²) in [6, 6.07) is 0. The Bertz CT molecular complexity index is 88.1. The zero-order chi connectivity index (χ0) is 10.5. The van der Waals surface area contributed by atoms with Gasteiger partial charge in [-0.05, 0) is 19.4 Å². The molecule has 13 heavy (non-hydrogen) atoms. The largest absolute Gasteiger partial charge is 0.316 e. The molecular weight excluding hydrogens is 162 g/mol. The summed E-state index contributed by atoms with van der Waals surface area (Å²) in [5.74, 6) is 0.295. The average Bonchev–Trinajstić information content (AvgIpc) is 2.23. The number of aldehydes is 1. The van der Waals surface area contributed by atoms with Gasteiger partial charge in [0.15, 0.2) is 0 Å². The first-order valence-electron chi connectivity index (χ1n) is 5.51. The van der Waals surface area contributed by atoms with Gasteiger partial charge in [-0.3, -0.25) is 0 Å². The zero-order valence-electron chi connectivity index (χ0n) is 9.60. The Balaban J connectivity index is 0. The van der Waals surface area contributed by atoms with Crippen molar-refractivity contribution in [1.29, 1.82) is 0 Å². The van der Waals surface area contributed by atoms with Crippen LogP contribution in [0.3, 0.4) is 0 Å². The molecule has 1 aliphatic rings. The summed E-state index contributed by atoms with van der Waals surface area (Å²) in [7, 11) is 0. The molecule has 0 spiro atoms. The summed E-state index contributed by atoms with van der Waals surface area (Å²) in [5, 5.41) is 3.15. The van der Waals surface area contributed by atoms with Crippen LogP contribution in [-0.2, 0) is 4.79 Å². The maximum atomic E-state index is 10.1. The van der Waals surface area contributed by atoms with Crippen LogP contribution < -0.4 is 5.32 Å². The van der Waals surface area contributed by atoms with E-state index in [1.54, 1.807) is 0 Å². The van der Waals surface area contributed by atoms with Gasteiger partial charge in [0.25, 0.3) is 0 Å². The van der Waals surface area contributed by atoms with Crippen molar-refractivity contribution in [3.63, 3.8) is 0 Å². The molecule has 1 saturated heterocycles. The van der Waals surface area contributed by atoms with Crippen LogP contribution in [0.15, 0.2) is 0 Å². The number of piperidine rings is 1. The van der Waals surface area contributed by atoms with Gasteiger partial charge in [0.05, 0.1) is 0 Å². The lowest BCUT2D eigenvalue weighted by molar-refractivity contribution is -0.111. The maximum absolute atomic E-state index is 10.1. The van der Waals surface area contributed by atoms with Crippen LogP contribution in [-0.4, -0.2) is 19.4 Å². The minimum absolute atomic E-state index is 0.295. The Labute approximate surface area is 83.1 Å². The lowest BCUT2D eigenvalue weighted by Gasteiger charge is -2.16. The van der Waals surface area contributed by atoms with E-state index in [9.17, 15) is 4.79 Å². The molecule has 1 N–H and O–H groups in total. The molecule has 2 heteroatoms. The van der Waals surface area contributed by atoms with E-state index in [0.29, 0.717) is 5.92 Å². The second kappa shape index (κ2) is 14.2. The molecular formula is C11H25NO. The molecule has 0 radical (unpaired) electrons. The van der Waals surface area contributed by atoms with Crippen molar-refractivity contribution < 1.29 is 4.79 Å². The minimum atomic E-state index is 0.295. The van der Waals surface area contributed by atoms with Gasteiger partial charge in [0.2, 0.25) is 0 Å². The van der Waals surface area contributed by atoms with E-state index >= 15 is 0 Å². The number of hydrogen-bond donors (Lipinski definition) is 1. The van der Waals surface area contributed by atoms with Crippen molar-refractivity contribution >= 4 is 6.29 Å². The van der Waals surface area contributed by atoms with E-state index < -0.39 is 0 Å². The topological polar surface area (TPSA) is 29.1 Å². The third-order valence-corrected chi connectivity index (χ3v) is 1.53. The second-order valence-corrected chi connectivity index (χ2v) is 2.95. The zero-order valence-corrected chi connectivity index (χ0v) is 9.60. The van der Waals surface area contributed by atoms with Gasteiger partial charge in [0, 0.05) is 12.5 Å². The number of carbonyl (C=O) groups is 1. The molecule has 0 aliphatic carbocycles. The van der Waals surface area contributed by atoms with E-state index in [2.05, 4.69) is 19.2 Å². The molecule has 0 aromatic rings. The predicted molar refractivity (Wildman–Crippen MR) is 59.0 cm³/mol. The number of rotatable bonds is 1. The standard InChI is InChI=1S/C6H11NO.C3H8.C2H6/c8-5-6-2-1-3-7-4-6;1-3-2;1-2/h5-7H,1-4H2;3H2,1-2H3;1-2H3. The van der Waals surface area contributed by atoms with Crippen LogP contribution >= 0.6 is 0 Å². The number of hydrogen-bond acceptors (Lipinski definition) is 2. The summed E-state index contributed by atoms with van der Waals surface area (Å²) in [6.45, 7) is 10.2. The quantitative estimate of drug-likeness (QED) is 0.639. The van der Waals surface area contributed by atoms with Crippen molar-refractivity contribution in [2.24, 2.45) is 5.92 Å². The van der Waals surface area contributed by atoms with Gasteiger partial charge in [-0.1, -0.05) is 34.1 Å². The SMILES string of the molecule is CC.CCC.O=CC1CCCNC1. The summed E-state index contributed by atoms with van der Waals surface area (Å²) in [6.07, 6.45) is 4.53. The molecule has 1 heterocycles. The normalized spacial score (nSPS) is 20.2. The first-order valence-corrected chi connectivity index (χ1v) is 5.51. The van der Waals surface area contributed by atoms with Crippen LogP contribution in [0.4, 0.5) is 0 Å². The summed E-state index contributed by atoms with van der Waals surface area (Å²) >= 11 is 0. The fourth-order valence-corrected chi connectivity index (χ4v) is 0.995. The van der Waals surface area contributed by atoms with E-state index in [0.717, 1.165) is 32.2 Å². The van der Waals surface area contributed by atoms with Crippen LogP contribution in [0.25, 0.3) is 0 Å². The third-order valence-electron chi connectivity index (χ3n) is 1.53. The van der Waals surface area contributed by atoms with Crippen molar-refractivity contribution in [1.82, 2.24) is 5.32 Å². The number of nitrogens with one attached hydrogen (secondary N) is 1. The molecule has 1 fully saturated rings. The molecule has 1 unspecified atom stereocenters. The highest BCUT2D eigenvalue weighted by molar-refractivity contribution is 5.53. The molecule has 0 saturated carbocycles. The van der Waals surface area contributed by atoms with E-state index in [1.807, 2.05) is 13.8 Å².